The number of piperidine rings is 1. The molecule has 0 N–H and O–H groups in total. The van der Waals surface area contributed by atoms with Crippen molar-refractivity contribution < 1.29 is 4.52 Å². The van der Waals surface area contributed by atoms with E-state index in [1.165, 1.54) is 4.88 Å². The van der Waals surface area contributed by atoms with Gasteiger partial charge >= 0.3 is 0 Å². The lowest BCUT2D eigenvalue weighted by Gasteiger charge is -2.30. The van der Waals surface area contributed by atoms with Crippen LogP contribution in [0.3, 0.4) is 0 Å². The Morgan fingerprint density at radius 1 is 1.21 bits per heavy atom. The molecule has 3 aromatic heterocycles. The highest BCUT2D eigenvalue weighted by atomic mass is 32.1. The molecule has 0 spiro atoms. The molecule has 4 heterocycles. The zero-order chi connectivity index (χ0) is 16.2. The summed E-state index contributed by atoms with van der Waals surface area (Å²) in [5, 5.41) is 13.9. The Hall–Kier alpha value is -2.12. The van der Waals surface area contributed by atoms with Gasteiger partial charge in [0.2, 0.25) is 11.7 Å². The first kappa shape index (κ1) is 15.4. The smallest absolute Gasteiger partial charge is 0.230 e. The maximum atomic E-state index is 5.49. The standard InChI is InChI=1S/C17H19N5OS/c1-2-15(24-11-1)6-10-22-8-4-13(5-9-22)17-20-16(21-23-17)14-3-7-18-19-12-14/h1-3,7,11-13H,4-6,8-10H2. The quantitative estimate of drug-likeness (QED) is 0.710. The fourth-order valence-electron chi connectivity index (χ4n) is 3.07. The third kappa shape index (κ3) is 3.52. The predicted octanol–water partition coefficient (Wildman–Crippen LogP) is 3.01. The van der Waals surface area contributed by atoms with Gasteiger partial charge in [-0.25, -0.2) is 0 Å². The summed E-state index contributed by atoms with van der Waals surface area (Å²) < 4.78 is 5.49. The number of aromatic nitrogens is 4. The van der Waals surface area contributed by atoms with Crippen LogP contribution in [0.5, 0.6) is 0 Å². The number of hydrogen-bond donors (Lipinski definition) is 0. The molecular formula is C17H19N5OS. The van der Waals surface area contributed by atoms with Gasteiger partial charge in [-0.1, -0.05) is 11.2 Å². The molecule has 124 valence electrons. The zero-order valence-corrected chi connectivity index (χ0v) is 14.2. The van der Waals surface area contributed by atoms with Crippen molar-refractivity contribution in [2.75, 3.05) is 19.6 Å². The van der Waals surface area contributed by atoms with Crippen molar-refractivity contribution >= 4 is 11.3 Å². The van der Waals surface area contributed by atoms with Gasteiger partial charge in [0.1, 0.15) is 0 Å². The van der Waals surface area contributed by atoms with E-state index in [2.05, 4.69) is 42.8 Å². The zero-order valence-electron chi connectivity index (χ0n) is 13.3. The minimum atomic E-state index is 0.360. The summed E-state index contributed by atoms with van der Waals surface area (Å²) in [5.74, 6) is 1.71. The minimum absolute atomic E-state index is 0.360. The van der Waals surface area contributed by atoms with Crippen LogP contribution in [0.2, 0.25) is 0 Å². The van der Waals surface area contributed by atoms with Crippen LogP contribution in [0.25, 0.3) is 11.4 Å². The Bertz CT molecular complexity index is 750. The minimum Gasteiger partial charge on any atom is -0.339 e. The van der Waals surface area contributed by atoms with Gasteiger partial charge in [0.25, 0.3) is 0 Å². The van der Waals surface area contributed by atoms with Crippen molar-refractivity contribution in [1.82, 2.24) is 25.2 Å². The third-order valence-corrected chi connectivity index (χ3v) is 5.41. The van der Waals surface area contributed by atoms with E-state index in [0.29, 0.717) is 11.7 Å². The van der Waals surface area contributed by atoms with E-state index < -0.39 is 0 Å². The van der Waals surface area contributed by atoms with Gasteiger partial charge in [0.05, 0.1) is 12.4 Å². The molecule has 0 amide bonds. The predicted molar refractivity (Wildman–Crippen MR) is 91.8 cm³/mol. The maximum Gasteiger partial charge on any atom is 0.230 e. The molecule has 0 saturated carbocycles. The van der Waals surface area contributed by atoms with Crippen LogP contribution < -0.4 is 0 Å². The molecule has 3 aromatic rings. The average molecular weight is 341 g/mol. The number of hydrogen-bond acceptors (Lipinski definition) is 7. The molecule has 0 atom stereocenters. The lowest BCUT2D eigenvalue weighted by molar-refractivity contribution is 0.196. The Morgan fingerprint density at radius 2 is 2.12 bits per heavy atom. The molecule has 6 nitrogen and oxygen atoms in total. The molecule has 4 rings (SSSR count). The summed E-state index contributed by atoms with van der Waals surface area (Å²) in [5.41, 5.74) is 0.841. The molecular weight excluding hydrogens is 322 g/mol. The monoisotopic (exact) mass is 341 g/mol. The highest BCUT2D eigenvalue weighted by Crippen LogP contribution is 2.28. The van der Waals surface area contributed by atoms with Crippen LogP contribution in [-0.4, -0.2) is 44.9 Å². The van der Waals surface area contributed by atoms with Gasteiger partial charge in [-0.2, -0.15) is 15.2 Å². The maximum absolute atomic E-state index is 5.49. The number of rotatable bonds is 5. The van der Waals surface area contributed by atoms with Gasteiger partial charge in [-0.05, 0) is 49.9 Å². The molecule has 1 saturated heterocycles. The second-order valence-corrected chi connectivity index (χ2v) is 7.06. The van der Waals surface area contributed by atoms with Crippen molar-refractivity contribution in [3.63, 3.8) is 0 Å². The molecule has 0 radical (unpaired) electrons. The number of nitrogens with zero attached hydrogens (tertiary/aromatic N) is 5. The summed E-state index contributed by atoms with van der Waals surface area (Å²) in [6, 6.07) is 6.18. The molecule has 7 heteroatoms. The largest absolute Gasteiger partial charge is 0.339 e. The Balaban J connectivity index is 1.32. The van der Waals surface area contributed by atoms with Crippen LogP contribution >= 0.6 is 11.3 Å². The summed E-state index contributed by atoms with van der Waals surface area (Å²) in [6.07, 6.45) is 6.57. The normalized spacial score (nSPS) is 16.5. The van der Waals surface area contributed by atoms with Crippen molar-refractivity contribution in [3.8, 4) is 11.4 Å². The molecule has 0 bridgehead atoms. The molecule has 1 aliphatic heterocycles. The van der Waals surface area contributed by atoms with Gasteiger partial charge in [-0.15, -0.1) is 11.3 Å². The fourth-order valence-corrected chi connectivity index (χ4v) is 3.77. The van der Waals surface area contributed by atoms with Crippen LogP contribution in [0, 0.1) is 0 Å². The van der Waals surface area contributed by atoms with E-state index in [9.17, 15) is 0 Å². The van der Waals surface area contributed by atoms with E-state index in [-0.39, 0.29) is 0 Å². The third-order valence-electron chi connectivity index (χ3n) is 4.48. The van der Waals surface area contributed by atoms with Gasteiger partial charge in [0, 0.05) is 22.9 Å². The number of likely N-dealkylation sites (tertiary alicyclic amines) is 1. The van der Waals surface area contributed by atoms with Gasteiger partial charge < -0.3 is 9.42 Å². The summed E-state index contributed by atoms with van der Waals surface area (Å²) in [4.78, 5) is 8.54. The fraction of sp³-hybridized carbons (Fsp3) is 0.412. The van der Waals surface area contributed by atoms with E-state index in [1.807, 2.05) is 17.4 Å². The average Bonchev–Trinajstić information content (AvgIpc) is 3.33. The van der Waals surface area contributed by atoms with Gasteiger partial charge in [0.15, 0.2) is 0 Å². The molecule has 1 aliphatic rings. The summed E-state index contributed by atoms with van der Waals surface area (Å²) >= 11 is 1.84. The van der Waals surface area contributed by atoms with Crippen molar-refractivity contribution in [2.45, 2.75) is 25.2 Å². The highest BCUT2D eigenvalue weighted by molar-refractivity contribution is 7.09. The van der Waals surface area contributed by atoms with Crippen LogP contribution in [0.4, 0.5) is 0 Å². The van der Waals surface area contributed by atoms with Crippen molar-refractivity contribution in [2.24, 2.45) is 0 Å². The summed E-state index contributed by atoms with van der Waals surface area (Å²) in [6.45, 7) is 3.31. The van der Waals surface area contributed by atoms with E-state index >= 15 is 0 Å². The Kier molecular flexibility index (Phi) is 4.62. The SMILES string of the molecule is c1csc(CCN2CCC(c3nc(-c4ccnnc4)no3)CC2)c1. The molecule has 0 unspecified atom stereocenters. The first-order valence-electron chi connectivity index (χ1n) is 8.24. The Morgan fingerprint density at radius 3 is 2.88 bits per heavy atom. The van der Waals surface area contributed by atoms with Crippen LogP contribution in [0.15, 0.2) is 40.5 Å². The molecule has 24 heavy (non-hydrogen) atoms. The van der Waals surface area contributed by atoms with Crippen LogP contribution in [-0.2, 0) is 6.42 Å². The molecule has 0 aliphatic carbocycles. The molecule has 1 fully saturated rings. The summed E-state index contributed by atoms with van der Waals surface area (Å²) in [7, 11) is 0. The number of thiophene rings is 1. The lowest BCUT2D eigenvalue weighted by atomic mass is 9.96. The highest BCUT2D eigenvalue weighted by Gasteiger charge is 2.25. The Labute approximate surface area is 144 Å². The van der Waals surface area contributed by atoms with Crippen LogP contribution in [0.1, 0.15) is 29.5 Å². The first-order chi connectivity index (χ1) is 11.9. The van der Waals surface area contributed by atoms with E-state index in [1.54, 1.807) is 12.4 Å². The lowest BCUT2D eigenvalue weighted by Crippen LogP contribution is -2.34. The first-order valence-corrected chi connectivity index (χ1v) is 9.12. The van der Waals surface area contributed by atoms with E-state index in [4.69, 9.17) is 4.52 Å². The van der Waals surface area contributed by atoms with Crippen molar-refractivity contribution in [1.29, 1.82) is 0 Å². The van der Waals surface area contributed by atoms with Crippen molar-refractivity contribution in [3.05, 3.63) is 46.7 Å². The van der Waals surface area contributed by atoms with Gasteiger partial charge in [-0.3, -0.25) is 0 Å². The molecule has 0 aromatic carbocycles. The topological polar surface area (TPSA) is 67.9 Å². The second kappa shape index (κ2) is 7.19. The second-order valence-electron chi connectivity index (χ2n) is 6.03. The van der Waals surface area contributed by atoms with E-state index in [0.717, 1.165) is 50.4 Å².